The van der Waals surface area contributed by atoms with Crippen molar-refractivity contribution < 1.29 is 0 Å². The molecule has 0 aliphatic carbocycles. The fourth-order valence-corrected chi connectivity index (χ4v) is 3.48. The Morgan fingerprint density at radius 2 is 2.00 bits per heavy atom. The summed E-state index contributed by atoms with van der Waals surface area (Å²) in [5.74, 6) is 0.776. The summed E-state index contributed by atoms with van der Waals surface area (Å²) < 4.78 is 1.92. The van der Waals surface area contributed by atoms with E-state index in [0.717, 1.165) is 17.2 Å². The number of aromatic nitrogens is 3. The van der Waals surface area contributed by atoms with Crippen molar-refractivity contribution in [1.29, 1.82) is 0 Å². The smallest absolute Gasteiger partial charge is 0.226 e. The lowest BCUT2D eigenvalue weighted by atomic mass is 10.1. The van der Waals surface area contributed by atoms with E-state index < -0.39 is 0 Å². The monoisotopic (exact) mass is 323 g/mol. The van der Waals surface area contributed by atoms with Crippen LogP contribution in [0.1, 0.15) is 16.5 Å². The number of benzene rings is 1. The van der Waals surface area contributed by atoms with E-state index in [9.17, 15) is 0 Å². The molecule has 0 saturated carbocycles. The standard InChI is InChI=1S/C17H17N5S/c1-21(2)13-7-5-12(6-8-13)14-10-15(16-4-3-9-23-16)22-17(20-14)18-11-19-22/h3-11,15H,1-2H3,(H,18,19,20)/t15-/m0/s1. The van der Waals surface area contributed by atoms with Crippen LogP contribution >= 0.6 is 11.3 Å². The van der Waals surface area contributed by atoms with Gasteiger partial charge in [-0.2, -0.15) is 10.1 Å². The van der Waals surface area contributed by atoms with Gasteiger partial charge in [0.15, 0.2) is 0 Å². The maximum atomic E-state index is 4.36. The van der Waals surface area contributed by atoms with E-state index >= 15 is 0 Å². The molecule has 1 N–H and O–H groups in total. The van der Waals surface area contributed by atoms with Gasteiger partial charge in [0.1, 0.15) is 12.4 Å². The van der Waals surface area contributed by atoms with Crippen LogP contribution in [0.25, 0.3) is 5.70 Å². The van der Waals surface area contributed by atoms with Crippen LogP contribution in [0, 0.1) is 0 Å². The molecule has 1 aliphatic heterocycles. The quantitative estimate of drug-likeness (QED) is 0.802. The highest BCUT2D eigenvalue weighted by Gasteiger charge is 2.23. The molecule has 1 aromatic carbocycles. The normalized spacial score (nSPS) is 16.4. The predicted octanol–water partition coefficient (Wildman–Crippen LogP) is 3.46. The van der Waals surface area contributed by atoms with Crippen molar-refractivity contribution in [3.63, 3.8) is 0 Å². The van der Waals surface area contributed by atoms with E-state index in [-0.39, 0.29) is 6.04 Å². The maximum Gasteiger partial charge on any atom is 0.226 e. The topological polar surface area (TPSA) is 46.0 Å². The van der Waals surface area contributed by atoms with Crippen LogP contribution in [0.15, 0.2) is 54.2 Å². The van der Waals surface area contributed by atoms with Crippen molar-refractivity contribution >= 4 is 28.7 Å². The lowest BCUT2D eigenvalue weighted by molar-refractivity contribution is 0.620. The molecule has 3 heterocycles. The maximum absolute atomic E-state index is 4.36. The Balaban J connectivity index is 1.74. The summed E-state index contributed by atoms with van der Waals surface area (Å²) in [6, 6.07) is 12.8. The predicted molar refractivity (Wildman–Crippen MR) is 94.8 cm³/mol. The molecule has 5 nitrogen and oxygen atoms in total. The Morgan fingerprint density at radius 3 is 2.70 bits per heavy atom. The molecule has 0 bridgehead atoms. The molecule has 0 unspecified atom stereocenters. The summed E-state index contributed by atoms with van der Waals surface area (Å²) in [6.07, 6.45) is 3.80. The van der Waals surface area contributed by atoms with Crippen LogP contribution < -0.4 is 10.2 Å². The van der Waals surface area contributed by atoms with Gasteiger partial charge in [-0.05, 0) is 35.2 Å². The van der Waals surface area contributed by atoms with Crippen molar-refractivity contribution in [2.24, 2.45) is 0 Å². The molecule has 0 fully saturated rings. The van der Waals surface area contributed by atoms with Crippen LogP contribution in [0.4, 0.5) is 11.6 Å². The molecule has 23 heavy (non-hydrogen) atoms. The molecular formula is C17H17N5S. The highest BCUT2D eigenvalue weighted by molar-refractivity contribution is 7.10. The van der Waals surface area contributed by atoms with Gasteiger partial charge < -0.3 is 10.2 Å². The van der Waals surface area contributed by atoms with Crippen molar-refractivity contribution in [2.45, 2.75) is 6.04 Å². The van der Waals surface area contributed by atoms with Gasteiger partial charge >= 0.3 is 0 Å². The van der Waals surface area contributed by atoms with E-state index in [1.54, 1.807) is 17.7 Å². The minimum absolute atomic E-state index is 0.0808. The first-order valence-corrected chi connectivity index (χ1v) is 8.30. The third-order valence-electron chi connectivity index (χ3n) is 3.94. The number of hydrogen-bond donors (Lipinski definition) is 1. The first kappa shape index (κ1) is 14.0. The zero-order valence-electron chi connectivity index (χ0n) is 13.0. The van der Waals surface area contributed by atoms with Gasteiger partial charge in [0, 0.05) is 30.4 Å². The second-order valence-electron chi connectivity index (χ2n) is 5.64. The minimum Gasteiger partial charge on any atom is -0.378 e. The van der Waals surface area contributed by atoms with E-state index in [4.69, 9.17) is 0 Å². The van der Waals surface area contributed by atoms with Crippen LogP contribution in [-0.4, -0.2) is 28.9 Å². The number of nitrogens with zero attached hydrogens (tertiary/aromatic N) is 4. The molecule has 0 radical (unpaired) electrons. The Kier molecular flexibility index (Phi) is 3.38. The Morgan fingerprint density at radius 1 is 1.17 bits per heavy atom. The van der Waals surface area contributed by atoms with Gasteiger partial charge in [0.05, 0.1) is 0 Å². The third-order valence-corrected chi connectivity index (χ3v) is 4.88. The number of rotatable bonds is 3. The summed E-state index contributed by atoms with van der Waals surface area (Å²) in [4.78, 5) is 7.68. The van der Waals surface area contributed by atoms with Crippen molar-refractivity contribution in [3.05, 3.63) is 64.6 Å². The summed E-state index contributed by atoms with van der Waals surface area (Å²) in [6.45, 7) is 0. The van der Waals surface area contributed by atoms with Crippen LogP contribution in [0.3, 0.4) is 0 Å². The SMILES string of the molecule is CN(C)c1ccc(C2=C[C@@H](c3cccs3)n3ncnc3N2)cc1. The summed E-state index contributed by atoms with van der Waals surface area (Å²) in [5, 5.41) is 9.82. The second kappa shape index (κ2) is 5.55. The first-order valence-electron chi connectivity index (χ1n) is 7.42. The number of allylic oxidation sites excluding steroid dienone is 1. The highest BCUT2D eigenvalue weighted by Crippen LogP contribution is 2.34. The van der Waals surface area contributed by atoms with E-state index in [1.807, 2.05) is 18.8 Å². The molecule has 6 heteroatoms. The van der Waals surface area contributed by atoms with Crippen LogP contribution in [-0.2, 0) is 0 Å². The Labute approximate surface area is 138 Å². The molecule has 0 saturated heterocycles. The number of hydrogen-bond acceptors (Lipinski definition) is 5. The fraction of sp³-hybridized carbons (Fsp3) is 0.176. The van der Waals surface area contributed by atoms with Crippen molar-refractivity contribution in [3.8, 4) is 0 Å². The summed E-state index contributed by atoms with van der Waals surface area (Å²) in [7, 11) is 4.09. The zero-order chi connectivity index (χ0) is 15.8. The average molecular weight is 323 g/mol. The van der Waals surface area contributed by atoms with E-state index in [2.05, 4.69) is 68.2 Å². The molecule has 2 aromatic heterocycles. The van der Waals surface area contributed by atoms with Crippen LogP contribution in [0.5, 0.6) is 0 Å². The van der Waals surface area contributed by atoms with Gasteiger partial charge in [-0.15, -0.1) is 11.3 Å². The van der Waals surface area contributed by atoms with Gasteiger partial charge in [-0.3, -0.25) is 0 Å². The number of fused-ring (bicyclic) bond motifs is 1. The first-order chi connectivity index (χ1) is 11.2. The Hall–Kier alpha value is -2.60. The van der Waals surface area contributed by atoms with Crippen molar-refractivity contribution in [2.75, 3.05) is 24.3 Å². The minimum atomic E-state index is 0.0808. The lowest BCUT2D eigenvalue weighted by Gasteiger charge is -2.23. The number of anilines is 2. The molecular weight excluding hydrogens is 306 g/mol. The van der Waals surface area contributed by atoms with E-state index in [0.29, 0.717) is 0 Å². The molecule has 1 atom stereocenters. The molecule has 0 spiro atoms. The lowest BCUT2D eigenvalue weighted by Crippen LogP contribution is -2.19. The molecule has 0 amide bonds. The average Bonchev–Trinajstić information content (AvgIpc) is 3.25. The largest absolute Gasteiger partial charge is 0.378 e. The van der Waals surface area contributed by atoms with E-state index in [1.165, 1.54) is 10.6 Å². The second-order valence-corrected chi connectivity index (χ2v) is 6.61. The zero-order valence-corrected chi connectivity index (χ0v) is 13.8. The number of thiophene rings is 1. The molecule has 4 rings (SSSR count). The third kappa shape index (κ3) is 2.51. The molecule has 1 aliphatic rings. The molecule has 116 valence electrons. The van der Waals surface area contributed by atoms with Gasteiger partial charge in [-0.25, -0.2) is 4.68 Å². The van der Waals surface area contributed by atoms with Crippen LogP contribution in [0.2, 0.25) is 0 Å². The molecule has 3 aromatic rings. The van der Waals surface area contributed by atoms with Crippen molar-refractivity contribution in [1.82, 2.24) is 14.8 Å². The highest BCUT2D eigenvalue weighted by atomic mass is 32.1. The number of nitrogens with one attached hydrogen (secondary N) is 1. The van der Waals surface area contributed by atoms with Gasteiger partial charge in [-0.1, -0.05) is 18.2 Å². The summed E-state index contributed by atoms with van der Waals surface area (Å²) in [5.41, 5.74) is 3.39. The fourth-order valence-electron chi connectivity index (χ4n) is 2.70. The Bertz CT molecular complexity index is 830. The summed E-state index contributed by atoms with van der Waals surface area (Å²) >= 11 is 1.73. The van der Waals surface area contributed by atoms with Gasteiger partial charge in [0.2, 0.25) is 5.95 Å². The van der Waals surface area contributed by atoms with Gasteiger partial charge in [0.25, 0.3) is 0 Å².